The first-order valence-electron chi connectivity index (χ1n) is 4.88. The third-order valence-electron chi connectivity index (χ3n) is 2.01. The largest absolute Gasteiger partial charge is 0.489 e. The third-order valence-corrected chi connectivity index (χ3v) is 2.44. The lowest BCUT2D eigenvalue weighted by Crippen LogP contribution is -2.10. The van der Waals surface area contributed by atoms with Crippen LogP contribution >= 0.6 is 15.9 Å². The minimum absolute atomic E-state index is 0.250. The minimum Gasteiger partial charge on any atom is -0.489 e. The molecule has 8 heteroatoms. The van der Waals surface area contributed by atoms with Crippen molar-refractivity contribution in [3.8, 4) is 17.4 Å². The van der Waals surface area contributed by atoms with E-state index in [0.717, 1.165) is 4.47 Å². The minimum atomic E-state index is 0.250. The maximum Gasteiger partial charge on any atom is 0.268 e. The quantitative estimate of drug-likeness (QED) is 0.655. The van der Waals surface area contributed by atoms with Gasteiger partial charge >= 0.3 is 0 Å². The van der Waals surface area contributed by atoms with Gasteiger partial charge in [0, 0.05) is 10.7 Å². The van der Waals surface area contributed by atoms with E-state index in [2.05, 4.69) is 36.3 Å². The number of rotatable bonds is 4. The predicted molar refractivity (Wildman–Crippen MR) is 68.4 cm³/mol. The maximum atomic E-state index is 5.56. The number of nitrogens with zero attached hydrogens (tertiary/aromatic N) is 3. The smallest absolute Gasteiger partial charge is 0.268 e. The Bertz CT molecular complexity index is 552. The molecule has 18 heavy (non-hydrogen) atoms. The van der Waals surface area contributed by atoms with Crippen molar-refractivity contribution in [1.82, 2.24) is 15.0 Å². The van der Waals surface area contributed by atoms with E-state index in [1.54, 1.807) is 18.5 Å². The number of methoxy groups -OCH3 is 1. The average Bonchev–Trinajstić information content (AvgIpc) is 2.38. The van der Waals surface area contributed by atoms with E-state index in [-0.39, 0.29) is 5.88 Å². The van der Waals surface area contributed by atoms with Crippen molar-refractivity contribution in [1.29, 1.82) is 0 Å². The fraction of sp³-hybridized carbons (Fsp3) is 0.100. The summed E-state index contributed by atoms with van der Waals surface area (Å²) in [6.45, 7) is 0. The predicted octanol–water partition coefficient (Wildman–Crippen LogP) is 1.72. The highest BCUT2D eigenvalue weighted by Crippen LogP contribution is 2.33. The molecule has 0 spiro atoms. The number of anilines is 1. The first-order valence-corrected chi connectivity index (χ1v) is 5.68. The SMILES string of the molecule is COc1c(NN)ncnc1Oc1cncc(Br)c1. The zero-order chi connectivity index (χ0) is 13.0. The fourth-order valence-corrected chi connectivity index (χ4v) is 1.62. The Morgan fingerprint density at radius 3 is 2.83 bits per heavy atom. The molecule has 0 aromatic carbocycles. The highest BCUT2D eigenvalue weighted by Gasteiger charge is 2.13. The maximum absolute atomic E-state index is 5.56. The van der Waals surface area contributed by atoms with Crippen LogP contribution in [0.3, 0.4) is 0 Å². The summed E-state index contributed by atoms with van der Waals surface area (Å²) in [4.78, 5) is 11.9. The number of aromatic nitrogens is 3. The second-order valence-corrected chi connectivity index (χ2v) is 4.06. The molecule has 2 heterocycles. The number of nitrogens with one attached hydrogen (secondary N) is 1. The van der Waals surface area contributed by atoms with Crippen molar-refractivity contribution in [3.63, 3.8) is 0 Å². The molecule has 0 atom stereocenters. The summed E-state index contributed by atoms with van der Waals surface area (Å²) in [5, 5.41) is 0. The van der Waals surface area contributed by atoms with Gasteiger partial charge in [0.15, 0.2) is 5.82 Å². The van der Waals surface area contributed by atoms with Gasteiger partial charge in [-0.2, -0.15) is 4.98 Å². The fourth-order valence-electron chi connectivity index (χ4n) is 1.28. The van der Waals surface area contributed by atoms with Crippen molar-refractivity contribution >= 4 is 21.7 Å². The number of halogens is 1. The summed E-state index contributed by atoms with van der Waals surface area (Å²) < 4.78 is 11.5. The molecule has 0 radical (unpaired) electrons. The first kappa shape index (κ1) is 12.5. The summed E-state index contributed by atoms with van der Waals surface area (Å²) in [5.41, 5.74) is 2.40. The van der Waals surface area contributed by atoms with Crippen LogP contribution in [0.2, 0.25) is 0 Å². The highest BCUT2D eigenvalue weighted by molar-refractivity contribution is 9.10. The second-order valence-electron chi connectivity index (χ2n) is 3.15. The number of nitrogen functional groups attached to an aromatic ring is 1. The zero-order valence-corrected chi connectivity index (χ0v) is 11.0. The molecule has 0 bridgehead atoms. The number of hydrogen-bond donors (Lipinski definition) is 2. The summed E-state index contributed by atoms with van der Waals surface area (Å²) in [6, 6.07) is 1.75. The molecule has 0 saturated heterocycles. The Kier molecular flexibility index (Phi) is 3.90. The molecule has 0 unspecified atom stereocenters. The van der Waals surface area contributed by atoms with Crippen molar-refractivity contribution < 1.29 is 9.47 Å². The Hall–Kier alpha value is -1.93. The van der Waals surface area contributed by atoms with Gasteiger partial charge in [0.1, 0.15) is 12.1 Å². The lowest BCUT2D eigenvalue weighted by Gasteiger charge is -2.11. The van der Waals surface area contributed by atoms with Gasteiger partial charge in [-0.25, -0.2) is 10.8 Å². The zero-order valence-electron chi connectivity index (χ0n) is 9.42. The second kappa shape index (κ2) is 5.61. The Balaban J connectivity index is 2.34. The number of pyridine rings is 1. The van der Waals surface area contributed by atoms with E-state index in [1.807, 2.05) is 0 Å². The molecule has 2 aromatic heterocycles. The van der Waals surface area contributed by atoms with E-state index < -0.39 is 0 Å². The molecular formula is C10H10BrN5O2. The molecule has 0 aliphatic heterocycles. The van der Waals surface area contributed by atoms with Crippen LogP contribution in [-0.2, 0) is 0 Å². The van der Waals surface area contributed by atoms with Crippen LogP contribution in [0.1, 0.15) is 0 Å². The van der Waals surface area contributed by atoms with Gasteiger partial charge in [-0.15, -0.1) is 0 Å². The Morgan fingerprint density at radius 1 is 1.33 bits per heavy atom. The van der Waals surface area contributed by atoms with Gasteiger partial charge < -0.3 is 14.9 Å². The van der Waals surface area contributed by atoms with Gasteiger partial charge in [-0.05, 0) is 22.0 Å². The van der Waals surface area contributed by atoms with Crippen LogP contribution < -0.4 is 20.7 Å². The van der Waals surface area contributed by atoms with Crippen LogP contribution in [0.25, 0.3) is 0 Å². The first-order chi connectivity index (χ1) is 8.74. The standard InChI is InChI=1S/C10H10BrN5O2/c1-17-8-9(16-12)14-5-15-10(8)18-7-2-6(11)3-13-4-7/h2-5H,12H2,1H3,(H,14,15,16). The van der Waals surface area contributed by atoms with Gasteiger partial charge in [-0.3, -0.25) is 4.98 Å². The summed E-state index contributed by atoms with van der Waals surface area (Å²) in [7, 11) is 1.48. The van der Waals surface area contributed by atoms with Crippen LogP contribution in [0.15, 0.2) is 29.3 Å². The molecule has 0 aliphatic carbocycles. The lowest BCUT2D eigenvalue weighted by atomic mass is 10.4. The number of hydrogen-bond acceptors (Lipinski definition) is 7. The van der Waals surface area contributed by atoms with Gasteiger partial charge in [0.05, 0.1) is 13.3 Å². The van der Waals surface area contributed by atoms with E-state index in [0.29, 0.717) is 17.3 Å². The van der Waals surface area contributed by atoms with Crippen molar-refractivity contribution in [3.05, 3.63) is 29.3 Å². The molecule has 3 N–H and O–H groups in total. The normalized spacial score (nSPS) is 9.94. The average molecular weight is 312 g/mol. The molecule has 94 valence electrons. The highest BCUT2D eigenvalue weighted by atomic mass is 79.9. The molecule has 2 rings (SSSR count). The van der Waals surface area contributed by atoms with Crippen LogP contribution in [0.5, 0.6) is 17.4 Å². The number of hydrazine groups is 1. The monoisotopic (exact) mass is 311 g/mol. The van der Waals surface area contributed by atoms with Gasteiger partial charge in [0.25, 0.3) is 5.88 Å². The topological polar surface area (TPSA) is 95.2 Å². The van der Waals surface area contributed by atoms with E-state index in [4.69, 9.17) is 15.3 Å². The molecule has 0 saturated carbocycles. The Morgan fingerprint density at radius 2 is 2.17 bits per heavy atom. The summed E-state index contributed by atoms with van der Waals surface area (Å²) in [5.74, 6) is 6.74. The molecular weight excluding hydrogens is 302 g/mol. The molecule has 0 amide bonds. The van der Waals surface area contributed by atoms with Crippen LogP contribution in [0, 0.1) is 0 Å². The van der Waals surface area contributed by atoms with Crippen molar-refractivity contribution in [2.24, 2.45) is 5.84 Å². The summed E-state index contributed by atoms with van der Waals surface area (Å²) >= 11 is 3.30. The number of ether oxygens (including phenoxy) is 2. The Labute approximate surface area is 111 Å². The summed E-state index contributed by atoms with van der Waals surface area (Å²) in [6.07, 6.45) is 4.53. The number of nitrogens with two attached hydrogens (primary N) is 1. The van der Waals surface area contributed by atoms with Crippen LogP contribution in [0.4, 0.5) is 5.82 Å². The van der Waals surface area contributed by atoms with E-state index in [9.17, 15) is 0 Å². The van der Waals surface area contributed by atoms with Crippen molar-refractivity contribution in [2.45, 2.75) is 0 Å². The molecule has 0 fully saturated rings. The van der Waals surface area contributed by atoms with Gasteiger partial charge in [-0.1, -0.05) is 0 Å². The van der Waals surface area contributed by atoms with Gasteiger partial charge in [0.2, 0.25) is 5.75 Å². The van der Waals surface area contributed by atoms with Crippen molar-refractivity contribution in [2.75, 3.05) is 12.5 Å². The molecule has 2 aromatic rings. The van der Waals surface area contributed by atoms with E-state index >= 15 is 0 Å². The molecule has 0 aliphatic rings. The van der Waals surface area contributed by atoms with E-state index in [1.165, 1.54) is 13.4 Å². The van der Waals surface area contributed by atoms with Crippen LogP contribution in [-0.4, -0.2) is 22.1 Å². The third kappa shape index (κ3) is 2.66. The lowest BCUT2D eigenvalue weighted by molar-refractivity contribution is 0.368. The molecule has 7 nitrogen and oxygen atoms in total.